The van der Waals surface area contributed by atoms with Crippen molar-refractivity contribution in [3.63, 3.8) is 0 Å². The van der Waals surface area contributed by atoms with Crippen LogP contribution in [0.15, 0.2) is 56.5 Å². The second-order valence-electron chi connectivity index (χ2n) is 9.49. The summed E-state index contributed by atoms with van der Waals surface area (Å²) < 4.78 is 1.68. The van der Waals surface area contributed by atoms with Gasteiger partial charge in [0.2, 0.25) is 0 Å². The van der Waals surface area contributed by atoms with E-state index in [9.17, 15) is 4.79 Å². The number of aliphatic imine (C=N–C) groups is 2. The van der Waals surface area contributed by atoms with Crippen molar-refractivity contribution >= 4 is 22.8 Å². The fourth-order valence-electron chi connectivity index (χ4n) is 5.12. The minimum Gasteiger partial charge on any atom is -0.368 e. The van der Waals surface area contributed by atoms with Gasteiger partial charge >= 0.3 is 0 Å². The molecular formula is C26H32N6O. The summed E-state index contributed by atoms with van der Waals surface area (Å²) in [7, 11) is 0. The van der Waals surface area contributed by atoms with Crippen LogP contribution >= 0.6 is 0 Å². The minimum absolute atomic E-state index is 0.0752. The van der Waals surface area contributed by atoms with Crippen molar-refractivity contribution in [1.29, 1.82) is 0 Å². The van der Waals surface area contributed by atoms with Crippen LogP contribution in [0.5, 0.6) is 0 Å². The third-order valence-corrected chi connectivity index (χ3v) is 6.88. The number of aryl methyl sites for hydroxylation is 1. The van der Waals surface area contributed by atoms with Gasteiger partial charge in [-0.2, -0.15) is 0 Å². The van der Waals surface area contributed by atoms with Crippen molar-refractivity contribution in [1.82, 2.24) is 14.7 Å². The van der Waals surface area contributed by atoms with Gasteiger partial charge in [0.25, 0.3) is 5.56 Å². The Morgan fingerprint density at radius 2 is 2.03 bits per heavy atom. The Kier molecular flexibility index (Phi) is 5.74. The molecule has 2 atom stereocenters. The Bertz CT molecular complexity index is 1280. The summed E-state index contributed by atoms with van der Waals surface area (Å²) in [5.74, 6) is 0.403. The van der Waals surface area contributed by atoms with E-state index >= 15 is 0 Å². The zero-order valence-corrected chi connectivity index (χ0v) is 19.9. The summed E-state index contributed by atoms with van der Waals surface area (Å²) in [5, 5.41) is 3.47. The summed E-state index contributed by atoms with van der Waals surface area (Å²) in [4.78, 5) is 30.0. The molecule has 172 valence electrons. The quantitative estimate of drug-likeness (QED) is 0.771. The van der Waals surface area contributed by atoms with Gasteiger partial charge in [-0.05, 0) is 69.7 Å². The molecule has 0 radical (unpaired) electrons. The molecule has 7 heteroatoms. The zero-order valence-electron chi connectivity index (χ0n) is 19.9. The third-order valence-electron chi connectivity index (χ3n) is 6.88. The molecule has 7 nitrogen and oxygen atoms in total. The number of pyridine rings is 1. The molecule has 2 aromatic rings. The van der Waals surface area contributed by atoms with Gasteiger partial charge in [-0.3, -0.25) is 19.2 Å². The first-order valence-electron chi connectivity index (χ1n) is 11.9. The molecule has 0 aliphatic carbocycles. The highest BCUT2D eigenvalue weighted by atomic mass is 16.1. The number of hydrogen-bond acceptors (Lipinski definition) is 6. The highest BCUT2D eigenvalue weighted by Gasteiger charge is 2.23. The standard InChI is InChI=1S/C26H32N6O/c1-16-11-21(31-10-9-27-18(3)14-31)15-32-25(33)13-24(30-26(16)32)23-12-22-19(4)29-17(2)5-6-20(22)7-8-28-23/h5,11-13,15,18,20,27H,6-10,14H2,1-4H3. The van der Waals surface area contributed by atoms with E-state index < -0.39 is 0 Å². The van der Waals surface area contributed by atoms with Crippen LogP contribution in [0.4, 0.5) is 5.69 Å². The predicted octanol–water partition coefficient (Wildman–Crippen LogP) is 3.30. The third kappa shape index (κ3) is 4.29. The minimum atomic E-state index is -0.0752. The number of piperazine rings is 1. The van der Waals surface area contributed by atoms with Crippen molar-refractivity contribution in [3.05, 3.63) is 63.4 Å². The second kappa shape index (κ2) is 8.71. The Hall–Kier alpha value is -3.06. The molecule has 0 saturated carbocycles. The van der Waals surface area contributed by atoms with Crippen LogP contribution in [0.1, 0.15) is 44.9 Å². The SMILES string of the molecule is CC1=CCC2CCN=C(c3cc(=O)n4cc(N5CCNC(C)C5)cc(C)c4n3)C=C2C(C)=N1. The van der Waals surface area contributed by atoms with Crippen LogP contribution in [0.2, 0.25) is 0 Å². The first-order chi connectivity index (χ1) is 15.9. The largest absolute Gasteiger partial charge is 0.368 e. The van der Waals surface area contributed by atoms with Crippen LogP contribution in [-0.4, -0.2) is 53.0 Å². The summed E-state index contributed by atoms with van der Waals surface area (Å²) in [6.45, 7) is 11.8. The lowest BCUT2D eigenvalue weighted by Crippen LogP contribution is -2.49. The number of nitrogens with one attached hydrogen (secondary N) is 1. The lowest BCUT2D eigenvalue weighted by Gasteiger charge is -2.33. The number of anilines is 1. The van der Waals surface area contributed by atoms with Crippen molar-refractivity contribution in [2.45, 2.75) is 46.6 Å². The number of allylic oxidation sites excluding steroid dienone is 4. The van der Waals surface area contributed by atoms with E-state index in [0.29, 0.717) is 23.3 Å². The van der Waals surface area contributed by atoms with E-state index in [1.54, 1.807) is 10.5 Å². The lowest BCUT2D eigenvalue weighted by molar-refractivity contribution is 0.484. The molecule has 33 heavy (non-hydrogen) atoms. The summed E-state index contributed by atoms with van der Waals surface area (Å²) in [5.41, 5.74) is 7.39. The molecule has 5 heterocycles. The maximum absolute atomic E-state index is 13.2. The molecule has 0 aromatic carbocycles. The molecule has 3 aliphatic rings. The average Bonchev–Trinajstić information content (AvgIpc) is 3.07. The van der Waals surface area contributed by atoms with Gasteiger partial charge in [-0.25, -0.2) is 4.98 Å². The fraction of sp³-hybridized carbons (Fsp3) is 0.462. The highest BCUT2D eigenvalue weighted by molar-refractivity contribution is 6.13. The maximum atomic E-state index is 13.2. The Morgan fingerprint density at radius 1 is 1.18 bits per heavy atom. The molecule has 5 rings (SSSR count). The molecule has 1 fully saturated rings. The Labute approximate surface area is 194 Å². The van der Waals surface area contributed by atoms with E-state index in [2.05, 4.69) is 42.3 Å². The summed E-state index contributed by atoms with van der Waals surface area (Å²) >= 11 is 0. The van der Waals surface area contributed by atoms with Gasteiger partial charge in [0.05, 0.1) is 17.1 Å². The van der Waals surface area contributed by atoms with Crippen molar-refractivity contribution in [2.75, 3.05) is 31.1 Å². The Balaban J connectivity index is 1.56. The average molecular weight is 445 g/mol. The number of nitrogens with zero attached hydrogens (tertiary/aromatic N) is 5. The Morgan fingerprint density at radius 3 is 2.85 bits per heavy atom. The van der Waals surface area contributed by atoms with Crippen LogP contribution in [0, 0.1) is 12.8 Å². The molecule has 2 unspecified atom stereocenters. The molecular weight excluding hydrogens is 412 g/mol. The molecule has 1 N–H and O–H groups in total. The van der Waals surface area contributed by atoms with E-state index in [-0.39, 0.29) is 5.56 Å². The van der Waals surface area contributed by atoms with Crippen LogP contribution in [0.25, 0.3) is 5.65 Å². The lowest BCUT2D eigenvalue weighted by atomic mass is 9.89. The van der Waals surface area contributed by atoms with Gasteiger partial charge in [-0.15, -0.1) is 0 Å². The monoisotopic (exact) mass is 444 g/mol. The van der Waals surface area contributed by atoms with Gasteiger partial charge in [0.1, 0.15) is 5.65 Å². The molecule has 0 bridgehead atoms. The number of aromatic nitrogens is 2. The summed E-state index contributed by atoms with van der Waals surface area (Å²) in [6, 6.07) is 4.19. The van der Waals surface area contributed by atoms with Crippen molar-refractivity contribution in [2.24, 2.45) is 15.9 Å². The molecule has 2 aromatic heterocycles. The second-order valence-corrected chi connectivity index (χ2v) is 9.49. The topological polar surface area (TPSA) is 74.4 Å². The van der Waals surface area contributed by atoms with E-state index in [0.717, 1.165) is 67.4 Å². The van der Waals surface area contributed by atoms with Crippen LogP contribution < -0.4 is 15.8 Å². The number of rotatable bonds is 2. The highest BCUT2D eigenvalue weighted by Crippen LogP contribution is 2.28. The number of fused-ring (bicyclic) bond motifs is 2. The van der Waals surface area contributed by atoms with Gasteiger partial charge < -0.3 is 10.2 Å². The molecule has 1 saturated heterocycles. The predicted molar refractivity (Wildman–Crippen MR) is 135 cm³/mol. The van der Waals surface area contributed by atoms with Gasteiger partial charge in [0, 0.05) is 55.9 Å². The first-order valence-corrected chi connectivity index (χ1v) is 11.9. The molecule has 0 amide bonds. The summed E-state index contributed by atoms with van der Waals surface area (Å²) in [6.07, 6.45) is 8.19. The normalized spacial score (nSPS) is 23.7. The van der Waals surface area contributed by atoms with Gasteiger partial charge in [0.15, 0.2) is 0 Å². The van der Waals surface area contributed by atoms with E-state index in [1.165, 1.54) is 5.57 Å². The van der Waals surface area contributed by atoms with Crippen molar-refractivity contribution in [3.8, 4) is 0 Å². The molecule has 3 aliphatic heterocycles. The first kappa shape index (κ1) is 21.8. The number of hydrogen-bond donors (Lipinski definition) is 1. The molecule has 0 spiro atoms. The maximum Gasteiger partial charge on any atom is 0.258 e. The van der Waals surface area contributed by atoms with Crippen LogP contribution in [0.3, 0.4) is 0 Å². The zero-order chi connectivity index (χ0) is 23.1. The van der Waals surface area contributed by atoms with E-state index in [1.807, 2.05) is 20.0 Å². The van der Waals surface area contributed by atoms with Crippen molar-refractivity contribution < 1.29 is 0 Å². The fourth-order valence-corrected chi connectivity index (χ4v) is 5.12. The van der Waals surface area contributed by atoms with Crippen LogP contribution in [-0.2, 0) is 0 Å². The van der Waals surface area contributed by atoms with Gasteiger partial charge in [-0.1, -0.05) is 6.08 Å². The van der Waals surface area contributed by atoms with E-state index in [4.69, 9.17) is 15.0 Å². The smallest absolute Gasteiger partial charge is 0.258 e.